The van der Waals surface area contributed by atoms with Gasteiger partial charge in [-0.3, -0.25) is 4.79 Å². The monoisotopic (exact) mass is 420 g/mol. The molecule has 0 unspecified atom stereocenters. The number of carbonyl (C=O) groups is 1. The Kier molecular flexibility index (Phi) is 5.10. The lowest BCUT2D eigenvalue weighted by Crippen LogP contribution is -2.47. The average molecular weight is 420 g/mol. The molecule has 1 atom stereocenters. The van der Waals surface area contributed by atoms with Gasteiger partial charge in [0, 0.05) is 50.6 Å². The van der Waals surface area contributed by atoms with Crippen LogP contribution >= 0.6 is 0 Å². The number of halogens is 2. The van der Waals surface area contributed by atoms with Crippen molar-refractivity contribution in [3.05, 3.63) is 83.2 Å². The van der Waals surface area contributed by atoms with Crippen LogP contribution in [0.15, 0.2) is 54.7 Å². The number of rotatable bonds is 3. The minimum atomic E-state index is -0.632. The lowest BCUT2D eigenvalue weighted by atomic mass is 9.82. The highest BCUT2D eigenvalue weighted by Crippen LogP contribution is 2.33. The van der Waals surface area contributed by atoms with Crippen molar-refractivity contribution in [2.45, 2.75) is 18.8 Å². The molecule has 2 aromatic carbocycles. The summed E-state index contributed by atoms with van der Waals surface area (Å²) < 4.78 is 27.4. The van der Waals surface area contributed by atoms with E-state index in [1.807, 2.05) is 18.2 Å². The van der Waals surface area contributed by atoms with Crippen molar-refractivity contribution in [1.29, 1.82) is 0 Å². The van der Waals surface area contributed by atoms with Gasteiger partial charge in [0.1, 0.15) is 11.6 Å². The molecular weight excluding hydrogens is 398 g/mol. The van der Waals surface area contributed by atoms with Crippen LogP contribution in [0.25, 0.3) is 0 Å². The van der Waals surface area contributed by atoms with Crippen molar-refractivity contribution in [2.24, 2.45) is 0 Å². The highest BCUT2D eigenvalue weighted by Gasteiger charge is 2.30. The maximum absolute atomic E-state index is 13.7. The summed E-state index contributed by atoms with van der Waals surface area (Å²) in [6.07, 6.45) is 2.27. The summed E-state index contributed by atoms with van der Waals surface area (Å²) in [6.45, 7) is 3.27. The summed E-state index contributed by atoms with van der Waals surface area (Å²) in [5, 5.41) is 0. The zero-order chi connectivity index (χ0) is 21.4. The first-order chi connectivity index (χ1) is 15.1. The lowest BCUT2D eigenvalue weighted by molar-refractivity contribution is 0.0962. The van der Waals surface area contributed by atoms with Gasteiger partial charge in [-0.2, -0.15) is 0 Å². The molecule has 0 saturated carbocycles. The van der Waals surface area contributed by atoms with Gasteiger partial charge in [0.25, 0.3) is 0 Å². The molecule has 0 N–H and O–H groups in total. The SMILES string of the molecule is O=C1C[C@@H](c2cc(F)cc(F)c2)Cc2nc(N3CCN(c4ccccc4)CC3)ncc21. The summed E-state index contributed by atoms with van der Waals surface area (Å²) in [7, 11) is 0. The number of hydrogen-bond donors (Lipinski definition) is 0. The first-order valence-corrected chi connectivity index (χ1v) is 10.5. The molecule has 1 aliphatic carbocycles. The average Bonchev–Trinajstić information content (AvgIpc) is 2.79. The summed E-state index contributed by atoms with van der Waals surface area (Å²) in [5.74, 6) is -1.04. The predicted octanol–water partition coefficient (Wildman–Crippen LogP) is 3.99. The molecule has 0 bridgehead atoms. The molecule has 5 nitrogen and oxygen atoms in total. The van der Waals surface area contributed by atoms with E-state index in [-0.39, 0.29) is 18.1 Å². The molecule has 1 saturated heterocycles. The Morgan fingerprint density at radius 3 is 2.26 bits per heavy atom. The molecule has 2 aliphatic rings. The number of piperazine rings is 1. The van der Waals surface area contributed by atoms with Crippen LogP contribution in [0, 0.1) is 11.6 Å². The topological polar surface area (TPSA) is 49.3 Å². The van der Waals surface area contributed by atoms with Gasteiger partial charge >= 0.3 is 0 Å². The Bertz CT molecular complexity index is 1090. The fourth-order valence-corrected chi connectivity index (χ4v) is 4.44. The molecule has 3 aromatic rings. The van der Waals surface area contributed by atoms with Crippen molar-refractivity contribution < 1.29 is 13.6 Å². The number of ketones is 1. The number of hydrogen-bond acceptors (Lipinski definition) is 5. The molecule has 0 amide bonds. The van der Waals surface area contributed by atoms with Gasteiger partial charge in [-0.1, -0.05) is 18.2 Å². The van der Waals surface area contributed by atoms with E-state index in [0.717, 1.165) is 32.2 Å². The van der Waals surface area contributed by atoms with Crippen LogP contribution in [-0.4, -0.2) is 41.9 Å². The highest BCUT2D eigenvalue weighted by atomic mass is 19.1. The zero-order valence-corrected chi connectivity index (χ0v) is 17.0. The van der Waals surface area contributed by atoms with Gasteiger partial charge in [-0.15, -0.1) is 0 Å². The van der Waals surface area contributed by atoms with Crippen molar-refractivity contribution >= 4 is 17.4 Å². The number of fused-ring (bicyclic) bond motifs is 1. The van der Waals surface area contributed by atoms with E-state index in [1.165, 1.54) is 17.8 Å². The van der Waals surface area contributed by atoms with Gasteiger partial charge in [-0.05, 0) is 42.2 Å². The van der Waals surface area contributed by atoms with Crippen LogP contribution in [0.3, 0.4) is 0 Å². The van der Waals surface area contributed by atoms with E-state index in [2.05, 4.69) is 26.9 Å². The Labute approximate surface area is 179 Å². The quantitative estimate of drug-likeness (QED) is 0.641. The van der Waals surface area contributed by atoms with Crippen molar-refractivity contribution in [3.63, 3.8) is 0 Å². The number of aromatic nitrogens is 2. The van der Waals surface area contributed by atoms with E-state index in [1.54, 1.807) is 6.20 Å². The molecule has 0 spiro atoms. The third-order valence-corrected chi connectivity index (χ3v) is 6.07. The van der Waals surface area contributed by atoms with E-state index >= 15 is 0 Å². The first-order valence-electron chi connectivity index (χ1n) is 10.5. The van der Waals surface area contributed by atoms with Gasteiger partial charge < -0.3 is 9.80 Å². The summed E-state index contributed by atoms with van der Waals surface area (Å²) in [6, 6.07) is 13.7. The van der Waals surface area contributed by atoms with E-state index in [9.17, 15) is 13.6 Å². The predicted molar refractivity (Wildman–Crippen MR) is 115 cm³/mol. The molecule has 1 fully saturated rings. The van der Waals surface area contributed by atoms with Crippen LogP contribution in [0.4, 0.5) is 20.4 Å². The number of Topliss-reactive ketones (excluding diaryl/α,β-unsaturated/α-hetero) is 1. The second kappa shape index (κ2) is 8.06. The maximum atomic E-state index is 13.7. The number of nitrogens with zero attached hydrogens (tertiary/aromatic N) is 4. The van der Waals surface area contributed by atoms with Crippen LogP contribution < -0.4 is 9.80 Å². The Hall–Kier alpha value is -3.35. The standard InChI is InChI=1S/C24H22F2N4O/c25-18-10-16(11-19(26)14-18)17-12-22-21(23(31)13-17)15-27-24(28-22)30-8-6-29(7-9-30)20-4-2-1-3-5-20/h1-5,10-11,14-15,17H,6-9,12-13H2/t17-/m0/s1. The molecular formula is C24H22F2N4O. The molecule has 31 heavy (non-hydrogen) atoms. The number of para-hydroxylation sites is 1. The highest BCUT2D eigenvalue weighted by molar-refractivity contribution is 5.98. The molecule has 0 radical (unpaired) electrons. The largest absolute Gasteiger partial charge is 0.368 e. The normalized spacial score (nSPS) is 18.8. The van der Waals surface area contributed by atoms with Crippen LogP contribution in [0.2, 0.25) is 0 Å². The van der Waals surface area contributed by atoms with Gasteiger partial charge in [0.15, 0.2) is 5.78 Å². The van der Waals surface area contributed by atoms with Crippen molar-refractivity contribution in [3.8, 4) is 0 Å². The molecule has 1 aromatic heterocycles. The summed E-state index contributed by atoms with van der Waals surface area (Å²) >= 11 is 0. The van der Waals surface area contributed by atoms with Crippen LogP contribution in [0.5, 0.6) is 0 Å². The fourth-order valence-electron chi connectivity index (χ4n) is 4.44. The summed E-state index contributed by atoms with van der Waals surface area (Å²) in [4.78, 5) is 26.2. The Morgan fingerprint density at radius 1 is 0.871 bits per heavy atom. The van der Waals surface area contributed by atoms with Crippen molar-refractivity contribution in [1.82, 2.24) is 9.97 Å². The Balaban J connectivity index is 1.34. The number of benzene rings is 2. The number of anilines is 2. The molecule has 5 rings (SSSR count). The second-order valence-corrected chi connectivity index (χ2v) is 8.07. The van der Waals surface area contributed by atoms with E-state index < -0.39 is 11.6 Å². The fraction of sp³-hybridized carbons (Fsp3) is 0.292. The molecule has 2 heterocycles. The molecule has 7 heteroatoms. The van der Waals surface area contributed by atoms with Gasteiger partial charge in [-0.25, -0.2) is 18.7 Å². The van der Waals surface area contributed by atoms with E-state index in [0.29, 0.717) is 29.2 Å². The lowest BCUT2D eigenvalue weighted by Gasteiger charge is -2.36. The second-order valence-electron chi connectivity index (χ2n) is 8.07. The van der Waals surface area contributed by atoms with Crippen molar-refractivity contribution in [2.75, 3.05) is 36.0 Å². The minimum Gasteiger partial charge on any atom is -0.368 e. The van der Waals surface area contributed by atoms with E-state index in [4.69, 9.17) is 4.98 Å². The third-order valence-electron chi connectivity index (χ3n) is 6.07. The third kappa shape index (κ3) is 4.00. The zero-order valence-electron chi connectivity index (χ0n) is 17.0. The maximum Gasteiger partial charge on any atom is 0.225 e. The smallest absolute Gasteiger partial charge is 0.225 e. The van der Waals surface area contributed by atoms with Crippen LogP contribution in [0.1, 0.15) is 34.0 Å². The minimum absolute atomic E-state index is 0.0867. The number of carbonyl (C=O) groups excluding carboxylic acids is 1. The Morgan fingerprint density at radius 2 is 1.55 bits per heavy atom. The molecule has 158 valence electrons. The molecule has 1 aliphatic heterocycles. The van der Waals surface area contributed by atoms with Gasteiger partial charge in [0.2, 0.25) is 5.95 Å². The first kappa shape index (κ1) is 19.6. The van der Waals surface area contributed by atoms with Gasteiger partial charge in [0.05, 0.1) is 11.3 Å². The summed E-state index contributed by atoms with van der Waals surface area (Å²) in [5.41, 5.74) is 2.86. The van der Waals surface area contributed by atoms with Crippen LogP contribution in [-0.2, 0) is 6.42 Å².